The van der Waals surface area contributed by atoms with Crippen LogP contribution in [0.4, 0.5) is 16.3 Å². The molecule has 0 unspecified atom stereocenters. The van der Waals surface area contributed by atoms with Crippen LogP contribution in [0.5, 0.6) is 11.5 Å². The van der Waals surface area contributed by atoms with Gasteiger partial charge in [0.15, 0.2) is 11.5 Å². The Hall–Kier alpha value is -3.75. The highest BCUT2D eigenvalue weighted by Crippen LogP contribution is 2.32. The number of ether oxygens (including phenoxy) is 2. The third-order valence-corrected chi connectivity index (χ3v) is 4.21. The van der Waals surface area contributed by atoms with E-state index in [1.165, 1.54) is 0 Å². The summed E-state index contributed by atoms with van der Waals surface area (Å²) in [6, 6.07) is 10.8. The highest BCUT2D eigenvalue weighted by atomic mass is 16.6. The number of benzene rings is 1. The van der Waals surface area contributed by atoms with E-state index >= 15 is 0 Å². The summed E-state index contributed by atoms with van der Waals surface area (Å²) in [4.78, 5) is 20.9. The lowest BCUT2D eigenvalue weighted by atomic mass is 10.2. The van der Waals surface area contributed by atoms with Crippen molar-refractivity contribution >= 4 is 17.5 Å². The van der Waals surface area contributed by atoms with Crippen molar-refractivity contribution in [1.29, 1.82) is 0 Å². The number of aryl methyl sites for hydroxylation is 1. The highest BCUT2D eigenvalue weighted by molar-refractivity contribution is 5.89. The number of aromatic nitrogens is 3. The summed E-state index contributed by atoms with van der Waals surface area (Å²) < 4.78 is 12.9. The molecule has 1 aliphatic heterocycles. The summed E-state index contributed by atoms with van der Waals surface area (Å²) in [5, 5.41) is 8.79. The summed E-state index contributed by atoms with van der Waals surface area (Å²) in [5.41, 5.74) is 0.641. The van der Waals surface area contributed by atoms with Crippen LogP contribution >= 0.6 is 0 Å². The Labute approximate surface area is 168 Å². The first-order valence-electron chi connectivity index (χ1n) is 9.35. The third-order valence-electron chi connectivity index (χ3n) is 4.21. The fourth-order valence-electron chi connectivity index (χ4n) is 2.93. The van der Waals surface area contributed by atoms with Crippen molar-refractivity contribution in [3.05, 3.63) is 54.6 Å². The van der Waals surface area contributed by atoms with Crippen molar-refractivity contribution in [2.45, 2.75) is 6.92 Å². The molecule has 3 aromatic rings. The van der Waals surface area contributed by atoms with Crippen LogP contribution in [0.25, 0.3) is 5.82 Å². The number of nitrogens with zero attached hydrogens (tertiary/aromatic N) is 3. The molecular formula is C20H22N6O3. The van der Waals surface area contributed by atoms with Gasteiger partial charge in [0.1, 0.15) is 30.7 Å². The maximum atomic E-state index is 12.1. The topological polar surface area (TPSA) is 102 Å². The largest absolute Gasteiger partial charge is 0.486 e. The lowest BCUT2D eigenvalue weighted by Crippen LogP contribution is -2.32. The van der Waals surface area contributed by atoms with Crippen LogP contribution < -0.4 is 25.4 Å². The predicted octanol–water partition coefficient (Wildman–Crippen LogP) is 2.58. The number of nitrogens with one attached hydrogen (secondary N) is 3. The number of fused-ring (bicyclic) bond motifs is 1. The van der Waals surface area contributed by atoms with E-state index in [0.717, 1.165) is 5.82 Å². The van der Waals surface area contributed by atoms with Gasteiger partial charge in [-0.2, -0.15) is 0 Å². The van der Waals surface area contributed by atoms with Crippen molar-refractivity contribution in [3.8, 4) is 17.3 Å². The van der Waals surface area contributed by atoms with Crippen molar-refractivity contribution < 1.29 is 14.3 Å². The predicted molar refractivity (Wildman–Crippen MR) is 109 cm³/mol. The zero-order chi connectivity index (χ0) is 20.1. The molecule has 1 aliphatic rings. The summed E-state index contributed by atoms with van der Waals surface area (Å²) in [6.45, 7) is 3.83. The van der Waals surface area contributed by atoms with Crippen LogP contribution in [0.15, 0.2) is 48.8 Å². The molecule has 150 valence electrons. The van der Waals surface area contributed by atoms with Crippen molar-refractivity contribution in [1.82, 2.24) is 19.9 Å². The van der Waals surface area contributed by atoms with Gasteiger partial charge in [-0.15, -0.1) is 0 Å². The molecule has 4 rings (SSSR count). The Balaban J connectivity index is 1.26. The highest BCUT2D eigenvalue weighted by Gasteiger charge is 2.12. The number of rotatable bonds is 6. The number of hydrogen-bond acceptors (Lipinski definition) is 6. The normalized spacial score (nSPS) is 12.3. The van der Waals surface area contributed by atoms with Crippen molar-refractivity contribution in [3.63, 3.8) is 0 Å². The summed E-state index contributed by atoms with van der Waals surface area (Å²) in [6.07, 6.45) is 3.85. The number of urea groups is 1. The molecular weight excluding hydrogens is 372 g/mol. The van der Waals surface area contributed by atoms with E-state index in [1.54, 1.807) is 18.2 Å². The van der Waals surface area contributed by atoms with Gasteiger partial charge in [0.25, 0.3) is 0 Å². The number of anilines is 2. The molecule has 2 amide bonds. The first-order chi connectivity index (χ1) is 14.2. The molecule has 9 heteroatoms. The fraction of sp³-hybridized carbons (Fsp3) is 0.250. The average molecular weight is 394 g/mol. The van der Waals surface area contributed by atoms with E-state index < -0.39 is 0 Å². The molecule has 0 atom stereocenters. The van der Waals surface area contributed by atoms with Crippen LogP contribution in [0.3, 0.4) is 0 Å². The van der Waals surface area contributed by atoms with Crippen LogP contribution in [0, 0.1) is 6.92 Å². The molecule has 0 saturated heterocycles. The van der Waals surface area contributed by atoms with Crippen molar-refractivity contribution in [2.24, 2.45) is 0 Å². The van der Waals surface area contributed by atoms with Crippen LogP contribution in [0.1, 0.15) is 5.82 Å². The van der Waals surface area contributed by atoms with Gasteiger partial charge in [0.05, 0.1) is 0 Å². The first kappa shape index (κ1) is 18.6. The fourth-order valence-corrected chi connectivity index (χ4v) is 2.93. The van der Waals surface area contributed by atoms with Crippen molar-refractivity contribution in [2.75, 3.05) is 36.9 Å². The van der Waals surface area contributed by atoms with E-state index in [0.29, 0.717) is 55.1 Å². The first-order valence-corrected chi connectivity index (χ1v) is 9.35. The molecule has 0 saturated carbocycles. The molecule has 2 aromatic heterocycles. The number of hydrogen-bond donors (Lipinski definition) is 3. The van der Waals surface area contributed by atoms with E-state index in [1.807, 2.05) is 42.1 Å². The SMILES string of the molecule is Cc1nc(NCCNC(=O)Nc2ccc3c(c2)OCCO3)cc(-n2cccc2)n1. The molecule has 0 fully saturated rings. The molecule has 3 heterocycles. The van der Waals surface area contributed by atoms with Gasteiger partial charge >= 0.3 is 6.03 Å². The zero-order valence-corrected chi connectivity index (χ0v) is 16.0. The zero-order valence-electron chi connectivity index (χ0n) is 16.0. The quantitative estimate of drug-likeness (QED) is 0.556. The molecule has 9 nitrogen and oxygen atoms in total. The molecule has 0 bridgehead atoms. The lowest BCUT2D eigenvalue weighted by molar-refractivity contribution is 0.171. The van der Waals surface area contributed by atoms with Crippen LogP contribution in [-0.4, -0.2) is 46.9 Å². The average Bonchev–Trinajstić information content (AvgIpc) is 3.26. The smallest absolute Gasteiger partial charge is 0.319 e. The third kappa shape index (κ3) is 4.75. The minimum absolute atomic E-state index is 0.296. The number of amides is 2. The number of carbonyl (C=O) groups excluding carboxylic acids is 1. The Kier molecular flexibility index (Phi) is 5.46. The van der Waals surface area contributed by atoms with Gasteiger partial charge in [-0.25, -0.2) is 14.8 Å². The van der Waals surface area contributed by atoms with E-state index in [4.69, 9.17) is 9.47 Å². The second-order valence-corrected chi connectivity index (χ2v) is 6.42. The Morgan fingerprint density at radius 3 is 2.69 bits per heavy atom. The van der Waals surface area contributed by atoms with E-state index in [2.05, 4.69) is 25.9 Å². The second kappa shape index (κ2) is 8.51. The van der Waals surface area contributed by atoms with Gasteiger partial charge in [0, 0.05) is 43.3 Å². The van der Waals surface area contributed by atoms with Gasteiger partial charge in [0.2, 0.25) is 0 Å². The second-order valence-electron chi connectivity index (χ2n) is 6.42. The molecule has 3 N–H and O–H groups in total. The lowest BCUT2D eigenvalue weighted by Gasteiger charge is -2.19. The van der Waals surface area contributed by atoms with E-state index in [9.17, 15) is 4.79 Å². The van der Waals surface area contributed by atoms with Crippen LogP contribution in [-0.2, 0) is 0 Å². The molecule has 29 heavy (non-hydrogen) atoms. The van der Waals surface area contributed by atoms with Gasteiger partial charge in [-0.05, 0) is 31.2 Å². The van der Waals surface area contributed by atoms with E-state index in [-0.39, 0.29) is 6.03 Å². The summed E-state index contributed by atoms with van der Waals surface area (Å²) in [5.74, 6) is 3.48. The minimum atomic E-state index is -0.296. The molecule has 1 aromatic carbocycles. The van der Waals surface area contributed by atoms with Gasteiger partial charge in [-0.1, -0.05) is 0 Å². The maximum Gasteiger partial charge on any atom is 0.319 e. The van der Waals surface area contributed by atoms with Crippen LogP contribution in [0.2, 0.25) is 0 Å². The summed E-state index contributed by atoms with van der Waals surface area (Å²) >= 11 is 0. The van der Waals surface area contributed by atoms with Gasteiger partial charge < -0.3 is 30.0 Å². The molecule has 0 radical (unpaired) electrons. The Morgan fingerprint density at radius 2 is 1.86 bits per heavy atom. The molecule has 0 spiro atoms. The standard InChI is InChI=1S/C20H22N6O3/c1-14-23-18(13-19(24-14)26-8-2-3-9-26)21-6-7-22-20(27)25-15-4-5-16-17(12-15)29-11-10-28-16/h2-5,8-9,12-13H,6-7,10-11H2,1H3,(H,21,23,24)(H2,22,25,27). The summed E-state index contributed by atoms with van der Waals surface area (Å²) in [7, 11) is 0. The van der Waals surface area contributed by atoms with Gasteiger partial charge in [-0.3, -0.25) is 0 Å². The Bertz CT molecular complexity index is 990. The maximum absolute atomic E-state index is 12.1. The minimum Gasteiger partial charge on any atom is -0.486 e. The number of carbonyl (C=O) groups is 1. The molecule has 0 aliphatic carbocycles. The Morgan fingerprint density at radius 1 is 1.07 bits per heavy atom. The monoisotopic (exact) mass is 394 g/mol.